The van der Waals surface area contributed by atoms with Gasteiger partial charge in [0.2, 0.25) is 0 Å². The van der Waals surface area contributed by atoms with Crippen molar-refractivity contribution in [1.29, 1.82) is 0 Å². The molecule has 0 radical (unpaired) electrons. The van der Waals surface area contributed by atoms with E-state index in [4.69, 9.17) is 23.2 Å². The van der Waals surface area contributed by atoms with Gasteiger partial charge in [-0.25, -0.2) is 16.8 Å². The summed E-state index contributed by atoms with van der Waals surface area (Å²) < 4.78 is 59.9. The molecule has 0 aliphatic rings. The monoisotopic (exact) mass is 860 g/mol. The molecule has 0 fully saturated rings. The molecule has 6 nitrogen and oxygen atoms in total. The molecule has 0 aromatic heterocycles. The number of alkyl halides is 2. The van der Waals surface area contributed by atoms with Crippen LogP contribution < -0.4 is 8.61 Å². The molecule has 0 aliphatic heterocycles. The van der Waals surface area contributed by atoms with Gasteiger partial charge in [-0.2, -0.15) is 11.8 Å². The van der Waals surface area contributed by atoms with Crippen molar-refractivity contribution < 1.29 is 16.8 Å². The summed E-state index contributed by atoms with van der Waals surface area (Å²) in [4.78, 5) is -1.66. The molecular formula is C34H36Br2Cl2N2O4S3. The summed E-state index contributed by atoms with van der Waals surface area (Å²) in [5, 5.41) is 0. The number of hydrogen-bond donors (Lipinski definition) is 0. The van der Waals surface area contributed by atoms with Crippen LogP contribution >= 0.6 is 66.8 Å². The Labute approximate surface area is 310 Å². The molecule has 4 rings (SSSR count). The van der Waals surface area contributed by atoms with Gasteiger partial charge in [0.05, 0.1) is 44.0 Å². The van der Waals surface area contributed by atoms with Crippen molar-refractivity contribution in [3.63, 3.8) is 0 Å². The SMILES string of the molecule is Cc1ccc(S(=O)(=O)N(CC(C)(Cl)CSCC(C)(Cl)CN(c2ccc(Br)cc2)S(=O)(=O)c2ccc(C)cc2)c2ccc(Br)cc2)cc1. The number of halogens is 4. The van der Waals surface area contributed by atoms with Gasteiger partial charge < -0.3 is 0 Å². The highest BCUT2D eigenvalue weighted by Gasteiger charge is 2.36. The lowest BCUT2D eigenvalue weighted by Gasteiger charge is -2.34. The van der Waals surface area contributed by atoms with Crippen LogP contribution in [-0.4, -0.2) is 51.2 Å². The predicted octanol–water partition coefficient (Wildman–Crippen LogP) is 9.65. The van der Waals surface area contributed by atoms with E-state index in [1.54, 1.807) is 111 Å². The van der Waals surface area contributed by atoms with Gasteiger partial charge in [-0.3, -0.25) is 8.61 Å². The Hall–Kier alpha value is -1.73. The first-order valence-corrected chi connectivity index (χ1v) is 20.9. The Morgan fingerprint density at radius 3 is 1.17 bits per heavy atom. The molecule has 0 N–H and O–H groups in total. The number of rotatable bonds is 14. The maximum absolute atomic E-state index is 13.9. The van der Waals surface area contributed by atoms with Gasteiger partial charge in [0, 0.05) is 20.5 Å². The van der Waals surface area contributed by atoms with Crippen LogP contribution in [-0.2, 0) is 20.0 Å². The molecule has 0 spiro atoms. The average molecular weight is 864 g/mol. The highest BCUT2D eigenvalue weighted by atomic mass is 79.9. The van der Waals surface area contributed by atoms with Crippen molar-refractivity contribution in [3.05, 3.63) is 117 Å². The fourth-order valence-corrected chi connectivity index (χ4v) is 10.4. The lowest BCUT2D eigenvalue weighted by Crippen LogP contribution is -2.44. The predicted molar refractivity (Wildman–Crippen MR) is 206 cm³/mol. The minimum Gasteiger partial charge on any atom is -0.265 e. The molecule has 252 valence electrons. The number of anilines is 2. The summed E-state index contributed by atoms with van der Waals surface area (Å²) in [6.45, 7) is 7.36. The number of aryl methyl sites for hydroxylation is 2. The Kier molecular flexibility index (Phi) is 12.5. The maximum Gasteiger partial charge on any atom is 0.264 e. The fourth-order valence-electron chi connectivity index (χ4n) is 4.69. The van der Waals surface area contributed by atoms with E-state index in [0.717, 1.165) is 20.1 Å². The zero-order chi connectivity index (χ0) is 34.6. The second-order valence-electron chi connectivity index (χ2n) is 11.9. The van der Waals surface area contributed by atoms with Crippen molar-refractivity contribution >= 4 is 98.2 Å². The van der Waals surface area contributed by atoms with Crippen LogP contribution in [0.3, 0.4) is 0 Å². The minimum absolute atomic E-state index is 0.00871. The van der Waals surface area contributed by atoms with Gasteiger partial charge in [-0.1, -0.05) is 67.3 Å². The van der Waals surface area contributed by atoms with E-state index in [1.165, 1.54) is 20.4 Å². The van der Waals surface area contributed by atoms with Crippen LogP contribution in [0.5, 0.6) is 0 Å². The van der Waals surface area contributed by atoms with Gasteiger partial charge in [0.25, 0.3) is 20.0 Å². The molecule has 4 aromatic carbocycles. The van der Waals surface area contributed by atoms with Crippen molar-refractivity contribution in [1.82, 2.24) is 0 Å². The lowest BCUT2D eigenvalue weighted by atomic mass is 10.2. The van der Waals surface area contributed by atoms with Crippen LogP contribution in [0.4, 0.5) is 11.4 Å². The van der Waals surface area contributed by atoms with Gasteiger partial charge in [-0.05, 0) is 100 Å². The molecule has 0 aliphatic carbocycles. The number of hydrogen-bond acceptors (Lipinski definition) is 5. The molecule has 0 saturated heterocycles. The number of sulfonamides is 2. The highest BCUT2D eigenvalue weighted by Crippen LogP contribution is 2.35. The molecule has 0 heterocycles. The van der Waals surface area contributed by atoms with Gasteiger partial charge in [0.15, 0.2) is 0 Å². The Balaban J connectivity index is 1.53. The van der Waals surface area contributed by atoms with E-state index in [2.05, 4.69) is 31.9 Å². The molecule has 0 bridgehead atoms. The smallest absolute Gasteiger partial charge is 0.264 e. The Bertz CT molecular complexity index is 1730. The van der Waals surface area contributed by atoms with Crippen LogP contribution in [0, 0.1) is 13.8 Å². The van der Waals surface area contributed by atoms with E-state index < -0.39 is 29.8 Å². The Morgan fingerprint density at radius 1 is 0.574 bits per heavy atom. The van der Waals surface area contributed by atoms with E-state index in [0.29, 0.717) is 22.9 Å². The number of benzene rings is 4. The van der Waals surface area contributed by atoms with E-state index in [9.17, 15) is 16.8 Å². The third-order valence-electron chi connectivity index (χ3n) is 7.20. The van der Waals surface area contributed by atoms with E-state index in [1.807, 2.05) is 13.8 Å². The normalized spacial score (nSPS) is 14.6. The van der Waals surface area contributed by atoms with E-state index in [-0.39, 0.29) is 22.9 Å². The molecule has 0 saturated carbocycles. The fraction of sp³-hybridized carbons (Fsp3) is 0.294. The van der Waals surface area contributed by atoms with Crippen molar-refractivity contribution in [3.8, 4) is 0 Å². The summed E-state index contributed by atoms with van der Waals surface area (Å²) in [6, 6.07) is 27.5. The maximum atomic E-state index is 13.9. The van der Waals surface area contributed by atoms with E-state index >= 15 is 0 Å². The topological polar surface area (TPSA) is 74.8 Å². The molecule has 4 aromatic rings. The van der Waals surface area contributed by atoms with Gasteiger partial charge in [-0.15, -0.1) is 23.2 Å². The summed E-state index contributed by atoms with van der Waals surface area (Å²) in [5.41, 5.74) is 2.87. The summed E-state index contributed by atoms with van der Waals surface area (Å²) in [5.74, 6) is 0.687. The summed E-state index contributed by atoms with van der Waals surface area (Å²) >= 11 is 22.4. The van der Waals surface area contributed by atoms with Crippen LogP contribution in [0.2, 0.25) is 0 Å². The zero-order valence-corrected chi connectivity index (χ0v) is 33.5. The summed E-state index contributed by atoms with van der Waals surface area (Å²) in [6.07, 6.45) is 0. The third kappa shape index (κ3) is 10.2. The second-order valence-corrected chi connectivity index (χ2v) is 20.3. The highest BCUT2D eigenvalue weighted by molar-refractivity contribution is 9.10. The molecule has 13 heteroatoms. The van der Waals surface area contributed by atoms with Crippen LogP contribution in [0.1, 0.15) is 25.0 Å². The Morgan fingerprint density at radius 2 is 0.872 bits per heavy atom. The lowest BCUT2D eigenvalue weighted by molar-refractivity contribution is 0.583. The number of thioether (sulfide) groups is 1. The first kappa shape index (κ1) is 38.1. The molecule has 0 amide bonds. The van der Waals surface area contributed by atoms with Crippen molar-refractivity contribution in [2.24, 2.45) is 0 Å². The molecule has 2 atom stereocenters. The largest absolute Gasteiger partial charge is 0.265 e. The average Bonchev–Trinajstić information content (AvgIpc) is 3.00. The third-order valence-corrected chi connectivity index (χ3v) is 14.3. The second kappa shape index (κ2) is 15.4. The summed E-state index contributed by atoms with van der Waals surface area (Å²) in [7, 11) is -7.89. The minimum atomic E-state index is -3.94. The molecule has 2 unspecified atom stereocenters. The molecular weight excluding hydrogens is 827 g/mol. The quantitative estimate of drug-likeness (QED) is 0.118. The number of nitrogens with zero attached hydrogens (tertiary/aromatic N) is 2. The molecule has 47 heavy (non-hydrogen) atoms. The first-order valence-electron chi connectivity index (χ1n) is 14.6. The standard InChI is InChI=1S/C34H36Br2Cl2N2O4S3/c1-25-5-17-31(18-6-25)46(41,42)39(29-13-9-27(35)10-14-29)21-33(3,37)23-45-24-34(4,38)22-40(30-15-11-28(36)12-16-30)47(43,44)32-19-7-26(2)8-20-32/h5-20H,21-24H2,1-4H3. The van der Waals surface area contributed by atoms with Gasteiger partial charge >= 0.3 is 0 Å². The van der Waals surface area contributed by atoms with Crippen LogP contribution in [0.15, 0.2) is 116 Å². The van der Waals surface area contributed by atoms with Crippen molar-refractivity contribution in [2.45, 2.75) is 47.2 Å². The zero-order valence-electron chi connectivity index (χ0n) is 26.3. The first-order chi connectivity index (χ1) is 21.9. The van der Waals surface area contributed by atoms with Crippen molar-refractivity contribution in [2.75, 3.05) is 33.2 Å². The van der Waals surface area contributed by atoms with Crippen LogP contribution in [0.25, 0.3) is 0 Å². The van der Waals surface area contributed by atoms with Gasteiger partial charge in [0.1, 0.15) is 0 Å².